The first-order valence-corrected chi connectivity index (χ1v) is 8.16. The molecule has 0 bridgehead atoms. The summed E-state index contributed by atoms with van der Waals surface area (Å²) in [5.74, 6) is -0.549. The number of amides is 1. The molecule has 146 valence electrons. The monoisotopic (exact) mass is 380 g/mol. The fourth-order valence-corrected chi connectivity index (χ4v) is 2.99. The van der Waals surface area contributed by atoms with Crippen molar-refractivity contribution in [1.29, 1.82) is 0 Å². The Labute approximate surface area is 152 Å². The minimum atomic E-state index is -1.47. The molecule has 11 heteroatoms. The van der Waals surface area contributed by atoms with Gasteiger partial charge in [0.1, 0.15) is 24.4 Å². The number of anilines is 1. The van der Waals surface area contributed by atoms with E-state index in [0.717, 1.165) is 0 Å². The molecule has 0 aliphatic carbocycles. The van der Waals surface area contributed by atoms with Crippen molar-refractivity contribution in [1.82, 2.24) is 15.5 Å². The normalized spacial score (nSPS) is 28.1. The Morgan fingerprint density at radius 3 is 2.81 bits per heavy atom. The fourth-order valence-electron chi connectivity index (χ4n) is 2.99. The third-order valence-corrected chi connectivity index (χ3v) is 4.29. The molecule has 1 saturated heterocycles. The smallest absolute Gasteiger partial charge is 0.274 e. The number of H-pyrrole nitrogens is 1. The molecule has 5 atom stereocenters. The van der Waals surface area contributed by atoms with Crippen LogP contribution in [0, 0.1) is 0 Å². The van der Waals surface area contributed by atoms with Gasteiger partial charge in [-0.05, 0) is 12.1 Å². The Kier molecular flexibility index (Phi) is 5.28. The number of hydrogen-bond donors (Lipinski definition) is 6. The number of aromatic nitrogens is 2. The van der Waals surface area contributed by atoms with Crippen LogP contribution in [0.2, 0.25) is 0 Å². The predicted octanol–water partition coefficient (Wildman–Crippen LogP) is -2.17. The molecule has 2 unspecified atom stereocenters. The molecule has 27 heavy (non-hydrogen) atoms. The lowest BCUT2D eigenvalue weighted by Gasteiger charge is -2.41. The van der Waals surface area contributed by atoms with Crippen LogP contribution in [0.25, 0.3) is 10.8 Å². The third-order valence-electron chi connectivity index (χ3n) is 4.29. The van der Waals surface area contributed by atoms with Crippen molar-refractivity contribution in [3.63, 3.8) is 0 Å². The number of nitrogen functional groups attached to an aromatic ring is 1. The van der Waals surface area contributed by atoms with Gasteiger partial charge in [0.2, 0.25) is 18.1 Å². The van der Waals surface area contributed by atoms with Gasteiger partial charge < -0.3 is 35.8 Å². The summed E-state index contributed by atoms with van der Waals surface area (Å²) in [6, 6.07) is 3.56. The molecule has 1 aromatic carbocycles. The molecule has 0 saturated carbocycles. The van der Waals surface area contributed by atoms with Crippen LogP contribution in [-0.4, -0.2) is 68.7 Å². The summed E-state index contributed by atoms with van der Waals surface area (Å²) in [7, 11) is 0. The summed E-state index contributed by atoms with van der Waals surface area (Å²) in [5.41, 5.74) is 5.54. The van der Waals surface area contributed by atoms with E-state index in [-0.39, 0.29) is 17.0 Å². The lowest BCUT2D eigenvalue weighted by atomic mass is 9.97. The SMILES string of the molecule is CC(=O)N[C@@H]1[C@H](Oc2n[nH]c(=O)c3c(N)cccc23)OC(CO)C(O)[C@@H]1O. The molecular formula is C16H20N4O7. The topological polar surface area (TPSA) is 180 Å². The lowest BCUT2D eigenvalue weighted by molar-refractivity contribution is -0.245. The van der Waals surface area contributed by atoms with E-state index in [2.05, 4.69) is 15.5 Å². The van der Waals surface area contributed by atoms with Crippen molar-refractivity contribution in [2.24, 2.45) is 0 Å². The van der Waals surface area contributed by atoms with Gasteiger partial charge in [-0.3, -0.25) is 9.59 Å². The van der Waals surface area contributed by atoms with E-state index in [0.29, 0.717) is 5.39 Å². The zero-order valence-corrected chi connectivity index (χ0v) is 14.3. The van der Waals surface area contributed by atoms with Gasteiger partial charge in [-0.25, -0.2) is 5.10 Å². The summed E-state index contributed by atoms with van der Waals surface area (Å²) < 4.78 is 11.2. The van der Waals surface area contributed by atoms with Crippen LogP contribution < -0.4 is 21.3 Å². The van der Waals surface area contributed by atoms with Crippen LogP contribution >= 0.6 is 0 Å². The Balaban J connectivity index is 2.00. The Bertz CT molecular complexity index is 902. The molecule has 1 aliphatic rings. The highest BCUT2D eigenvalue weighted by Gasteiger charge is 2.46. The van der Waals surface area contributed by atoms with Crippen LogP contribution in [0.3, 0.4) is 0 Å². The van der Waals surface area contributed by atoms with Crippen LogP contribution in [0.5, 0.6) is 5.88 Å². The number of hydrogen-bond acceptors (Lipinski definition) is 9. The zero-order chi connectivity index (χ0) is 19.7. The summed E-state index contributed by atoms with van der Waals surface area (Å²) in [6.45, 7) is 0.639. The van der Waals surface area contributed by atoms with E-state index >= 15 is 0 Å². The maximum Gasteiger partial charge on any atom is 0.274 e. The van der Waals surface area contributed by atoms with Crippen molar-refractivity contribution in [3.05, 3.63) is 28.6 Å². The van der Waals surface area contributed by atoms with E-state index in [9.17, 15) is 24.9 Å². The van der Waals surface area contributed by atoms with E-state index in [1.54, 1.807) is 18.2 Å². The lowest BCUT2D eigenvalue weighted by Crippen LogP contribution is -2.65. The zero-order valence-electron chi connectivity index (χ0n) is 14.3. The number of nitrogens with one attached hydrogen (secondary N) is 2. The van der Waals surface area contributed by atoms with E-state index in [1.807, 2.05) is 0 Å². The highest BCUT2D eigenvalue weighted by molar-refractivity contribution is 5.94. The molecule has 2 heterocycles. The minimum absolute atomic E-state index is 0.0578. The van der Waals surface area contributed by atoms with E-state index in [1.165, 1.54) is 6.92 Å². The van der Waals surface area contributed by atoms with Gasteiger partial charge in [-0.1, -0.05) is 6.07 Å². The third kappa shape index (κ3) is 3.57. The van der Waals surface area contributed by atoms with E-state index in [4.69, 9.17) is 15.2 Å². The Hall–Kier alpha value is -2.73. The molecule has 11 nitrogen and oxygen atoms in total. The van der Waals surface area contributed by atoms with Crippen molar-refractivity contribution < 1.29 is 29.6 Å². The number of aliphatic hydroxyl groups is 3. The highest BCUT2D eigenvalue weighted by Crippen LogP contribution is 2.28. The van der Waals surface area contributed by atoms with Crippen LogP contribution in [0.15, 0.2) is 23.0 Å². The van der Waals surface area contributed by atoms with Crippen LogP contribution in [0.1, 0.15) is 6.92 Å². The number of benzene rings is 1. The molecule has 1 aliphatic heterocycles. The number of nitrogens with two attached hydrogens (primary N) is 1. The number of nitrogens with zero attached hydrogens (tertiary/aromatic N) is 1. The Morgan fingerprint density at radius 1 is 1.41 bits per heavy atom. The van der Waals surface area contributed by atoms with Crippen LogP contribution in [0.4, 0.5) is 5.69 Å². The maximum absolute atomic E-state index is 12.0. The first-order valence-electron chi connectivity index (χ1n) is 8.16. The van der Waals surface area contributed by atoms with Crippen molar-refractivity contribution in [3.8, 4) is 5.88 Å². The molecule has 1 aromatic heterocycles. The second-order valence-corrected chi connectivity index (χ2v) is 6.18. The number of carbonyl (C=O) groups excluding carboxylic acids is 1. The molecule has 2 aromatic rings. The predicted molar refractivity (Wildman–Crippen MR) is 92.8 cm³/mol. The summed E-state index contributed by atoms with van der Waals surface area (Å²) >= 11 is 0. The number of rotatable bonds is 4. The highest BCUT2D eigenvalue weighted by atomic mass is 16.7. The first kappa shape index (κ1) is 19.0. The van der Waals surface area contributed by atoms with Gasteiger partial charge in [0.15, 0.2) is 0 Å². The summed E-state index contributed by atoms with van der Waals surface area (Å²) in [5, 5.41) is 38.7. The largest absolute Gasteiger partial charge is 0.444 e. The fraction of sp³-hybridized carbons (Fsp3) is 0.438. The van der Waals surface area contributed by atoms with Crippen molar-refractivity contribution >= 4 is 22.4 Å². The molecule has 1 amide bonds. The number of carbonyl (C=O) groups is 1. The van der Waals surface area contributed by atoms with Gasteiger partial charge in [0.05, 0.1) is 17.4 Å². The minimum Gasteiger partial charge on any atom is -0.444 e. The second kappa shape index (κ2) is 7.48. The number of ether oxygens (including phenoxy) is 2. The standard InChI is InChI=1S/C16H20N4O7/c1-6(22)18-11-13(24)12(23)9(5-21)26-16(11)27-15-7-3-2-4-8(17)10(7)14(25)19-20-15/h2-4,9,11-13,16,21,23-24H,5,17H2,1H3,(H,18,22)(H,19,25)/t9?,11-,12?,13+,16-/m0/s1. The quantitative estimate of drug-likeness (QED) is 0.322. The van der Waals surface area contributed by atoms with Gasteiger partial charge in [-0.15, -0.1) is 5.10 Å². The van der Waals surface area contributed by atoms with Crippen molar-refractivity contribution in [2.75, 3.05) is 12.3 Å². The van der Waals surface area contributed by atoms with Gasteiger partial charge in [-0.2, -0.15) is 0 Å². The number of aromatic amines is 1. The number of aliphatic hydroxyl groups excluding tert-OH is 3. The summed E-state index contributed by atoms with van der Waals surface area (Å²) in [4.78, 5) is 23.5. The molecule has 3 rings (SSSR count). The van der Waals surface area contributed by atoms with Crippen LogP contribution in [-0.2, 0) is 9.53 Å². The maximum atomic E-state index is 12.0. The average molecular weight is 380 g/mol. The molecule has 0 radical (unpaired) electrons. The van der Waals surface area contributed by atoms with Crippen molar-refractivity contribution in [2.45, 2.75) is 37.6 Å². The molecule has 7 N–H and O–H groups in total. The van der Waals surface area contributed by atoms with Gasteiger partial charge in [0, 0.05) is 12.6 Å². The Morgan fingerprint density at radius 2 is 2.15 bits per heavy atom. The summed E-state index contributed by atoms with van der Waals surface area (Å²) in [6.07, 6.45) is -5.35. The molecular weight excluding hydrogens is 360 g/mol. The van der Waals surface area contributed by atoms with E-state index < -0.39 is 48.7 Å². The average Bonchev–Trinajstić information content (AvgIpc) is 2.63. The van der Waals surface area contributed by atoms with Gasteiger partial charge in [0.25, 0.3) is 5.56 Å². The number of fused-ring (bicyclic) bond motifs is 1. The second-order valence-electron chi connectivity index (χ2n) is 6.18. The first-order chi connectivity index (χ1) is 12.8. The molecule has 1 fully saturated rings. The van der Waals surface area contributed by atoms with Gasteiger partial charge >= 0.3 is 0 Å². The molecule has 0 spiro atoms.